The molecule has 0 saturated heterocycles. The van der Waals surface area contributed by atoms with Crippen LogP contribution in [0.5, 0.6) is 0 Å². The van der Waals surface area contributed by atoms with Crippen LogP contribution in [0.4, 0.5) is 17.6 Å². The molecule has 0 saturated carbocycles. The van der Waals surface area contributed by atoms with E-state index in [9.17, 15) is 22.6 Å². The highest BCUT2D eigenvalue weighted by molar-refractivity contribution is 6.79. The van der Waals surface area contributed by atoms with Crippen LogP contribution in [0.15, 0.2) is 36.4 Å². The van der Waals surface area contributed by atoms with Crippen LogP contribution >= 0.6 is 0 Å². The van der Waals surface area contributed by atoms with Crippen molar-refractivity contribution in [2.45, 2.75) is 0 Å². The molecule has 0 atom stereocenters. The molecule has 1 N–H and O–H groups in total. The summed E-state index contributed by atoms with van der Waals surface area (Å²) in [6.45, 7) is -2.03. The standard InChI is InChI=1S/C12H7BF4O/c14-7-3-1-4-8(15)11(7)13(18)12-9(16)5-2-6-10(12)17/h1-6,18H. The largest absolute Gasteiger partial charge is 0.442 e. The van der Waals surface area contributed by atoms with E-state index in [1.165, 1.54) is 0 Å². The molecular weight excluding hydrogens is 247 g/mol. The molecule has 2 rings (SSSR count). The Morgan fingerprint density at radius 1 is 0.667 bits per heavy atom. The number of hydrogen-bond acceptors (Lipinski definition) is 1. The van der Waals surface area contributed by atoms with Crippen LogP contribution < -0.4 is 10.9 Å². The van der Waals surface area contributed by atoms with Crippen LogP contribution in [0.1, 0.15) is 0 Å². The molecule has 0 amide bonds. The molecule has 0 aromatic heterocycles. The first-order chi connectivity index (χ1) is 8.52. The number of rotatable bonds is 2. The second-order valence-corrected chi connectivity index (χ2v) is 3.67. The predicted molar refractivity (Wildman–Crippen MR) is 60.0 cm³/mol. The number of hydrogen-bond donors (Lipinski definition) is 1. The van der Waals surface area contributed by atoms with Crippen molar-refractivity contribution in [1.82, 2.24) is 0 Å². The van der Waals surface area contributed by atoms with Crippen molar-refractivity contribution in [1.29, 1.82) is 0 Å². The maximum Gasteiger partial charge on any atom is 0.370 e. The minimum atomic E-state index is -2.03. The zero-order valence-electron chi connectivity index (χ0n) is 9.00. The van der Waals surface area contributed by atoms with Crippen molar-refractivity contribution < 1.29 is 22.6 Å². The lowest BCUT2D eigenvalue weighted by molar-refractivity contribution is 0.555. The highest BCUT2D eigenvalue weighted by atomic mass is 19.1. The van der Waals surface area contributed by atoms with Crippen molar-refractivity contribution in [2.75, 3.05) is 0 Å². The van der Waals surface area contributed by atoms with E-state index in [1.54, 1.807) is 0 Å². The van der Waals surface area contributed by atoms with E-state index in [0.717, 1.165) is 36.4 Å². The summed E-state index contributed by atoms with van der Waals surface area (Å²) < 4.78 is 53.6. The fraction of sp³-hybridized carbons (Fsp3) is 0. The molecule has 2 aromatic carbocycles. The Hall–Kier alpha value is -1.82. The third-order valence-corrected chi connectivity index (χ3v) is 2.55. The second kappa shape index (κ2) is 4.82. The third-order valence-electron chi connectivity index (χ3n) is 2.55. The number of benzene rings is 2. The van der Waals surface area contributed by atoms with Crippen molar-refractivity contribution in [2.24, 2.45) is 0 Å². The maximum atomic E-state index is 13.4. The zero-order chi connectivity index (χ0) is 13.3. The second-order valence-electron chi connectivity index (χ2n) is 3.67. The van der Waals surface area contributed by atoms with Gasteiger partial charge in [0.15, 0.2) is 0 Å². The Labute approximate surface area is 101 Å². The number of halogens is 4. The summed E-state index contributed by atoms with van der Waals surface area (Å²) in [4.78, 5) is 0. The molecule has 0 aliphatic carbocycles. The zero-order valence-corrected chi connectivity index (χ0v) is 9.00. The van der Waals surface area contributed by atoms with Crippen molar-refractivity contribution in [3.8, 4) is 0 Å². The maximum absolute atomic E-state index is 13.4. The normalized spacial score (nSPS) is 10.5. The fourth-order valence-corrected chi connectivity index (χ4v) is 1.69. The molecular formula is C12H7BF4O. The molecule has 0 heterocycles. The average molecular weight is 254 g/mol. The van der Waals surface area contributed by atoms with Gasteiger partial charge in [-0.3, -0.25) is 0 Å². The minimum Gasteiger partial charge on any atom is -0.442 e. The average Bonchev–Trinajstić information content (AvgIpc) is 2.28. The summed E-state index contributed by atoms with van der Waals surface area (Å²) in [6.07, 6.45) is 0. The van der Waals surface area contributed by atoms with Crippen LogP contribution in [-0.4, -0.2) is 11.9 Å². The lowest BCUT2D eigenvalue weighted by Gasteiger charge is -2.11. The van der Waals surface area contributed by atoms with E-state index in [0.29, 0.717) is 0 Å². The molecule has 6 heteroatoms. The first-order valence-corrected chi connectivity index (χ1v) is 5.08. The van der Waals surface area contributed by atoms with Gasteiger partial charge in [0.1, 0.15) is 23.3 Å². The minimum absolute atomic E-state index is 0.776. The van der Waals surface area contributed by atoms with Gasteiger partial charge in [-0.1, -0.05) is 12.1 Å². The van der Waals surface area contributed by atoms with Crippen LogP contribution in [-0.2, 0) is 0 Å². The Bertz CT molecular complexity index is 496. The van der Waals surface area contributed by atoms with Crippen LogP contribution in [0, 0.1) is 23.3 Å². The molecule has 0 unspecified atom stereocenters. The van der Waals surface area contributed by atoms with Gasteiger partial charge in [-0.15, -0.1) is 0 Å². The predicted octanol–water partition coefficient (Wildman–Crippen LogP) is 1.34. The van der Waals surface area contributed by atoms with Gasteiger partial charge in [0, 0.05) is 10.9 Å². The quantitative estimate of drug-likeness (QED) is 0.633. The Balaban J connectivity index is 2.58. The smallest absolute Gasteiger partial charge is 0.370 e. The van der Waals surface area contributed by atoms with Gasteiger partial charge >= 0.3 is 6.92 Å². The summed E-state index contributed by atoms with van der Waals surface area (Å²) >= 11 is 0. The van der Waals surface area contributed by atoms with E-state index in [2.05, 4.69) is 0 Å². The van der Waals surface area contributed by atoms with Crippen molar-refractivity contribution in [3.63, 3.8) is 0 Å². The first kappa shape index (κ1) is 12.6. The molecule has 0 aliphatic rings. The summed E-state index contributed by atoms with van der Waals surface area (Å²) in [5.74, 6) is -4.26. The Kier molecular flexibility index (Phi) is 3.38. The SMILES string of the molecule is OB(c1c(F)cccc1F)c1c(F)cccc1F. The molecule has 92 valence electrons. The summed E-state index contributed by atoms with van der Waals surface area (Å²) in [5, 5.41) is 9.76. The Morgan fingerprint density at radius 2 is 0.944 bits per heavy atom. The first-order valence-electron chi connectivity index (χ1n) is 5.08. The molecule has 18 heavy (non-hydrogen) atoms. The van der Waals surface area contributed by atoms with E-state index in [4.69, 9.17) is 0 Å². The van der Waals surface area contributed by atoms with Gasteiger partial charge < -0.3 is 5.02 Å². The lowest BCUT2D eigenvalue weighted by atomic mass is 9.55. The Morgan fingerprint density at radius 3 is 1.22 bits per heavy atom. The van der Waals surface area contributed by atoms with Gasteiger partial charge in [0.05, 0.1) is 0 Å². The highest BCUT2D eigenvalue weighted by Gasteiger charge is 2.29. The third kappa shape index (κ3) is 2.11. The fourth-order valence-electron chi connectivity index (χ4n) is 1.69. The van der Waals surface area contributed by atoms with Gasteiger partial charge in [-0.25, -0.2) is 17.6 Å². The van der Waals surface area contributed by atoms with Gasteiger partial charge in [0.2, 0.25) is 0 Å². The monoisotopic (exact) mass is 254 g/mol. The molecule has 0 bridgehead atoms. The van der Waals surface area contributed by atoms with E-state index in [-0.39, 0.29) is 0 Å². The highest BCUT2D eigenvalue weighted by Crippen LogP contribution is 2.05. The van der Waals surface area contributed by atoms with Crippen LogP contribution in [0.2, 0.25) is 0 Å². The summed E-state index contributed by atoms with van der Waals surface area (Å²) in [5.41, 5.74) is -1.55. The van der Waals surface area contributed by atoms with Gasteiger partial charge in [-0.2, -0.15) is 0 Å². The van der Waals surface area contributed by atoms with E-state index in [1.807, 2.05) is 0 Å². The lowest BCUT2D eigenvalue weighted by Crippen LogP contribution is -2.48. The molecule has 0 fully saturated rings. The van der Waals surface area contributed by atoms with Gasteiger partial charge in [-0.05, 0) is 24.3 Å². The molecule has 0 aliphatic heterocycles. The van der Waals surface area contributed by atoms with E-state index < -0.39 is 41.1 Å². The van der Waals surface area contributed by atoms with E-state index >= 15 is 0 Å². The molecule has 0 spiro atoms. The van der Waals surface area contributed by atoms with Crippen molar-refractivity contribution in [3.05, 3.63) is 59.7 Å². The molecule has 0 radical (unpaired) electrons. The van der Waals surface area contributed by atoms with Crippen LogP contribution in [0.25, 0.3) is 0 Å². The van der Waals surface area contributed by atoms with Crippen molar-refractivity contribution >= 4 is 17.8 Å². The molecule has 1 nitrogen and oxygen atoms in total. The topological polar surface area (TPSA) is 20.2 Å². The summed E-state index contributed by atoms with van der Waals surface area (Å²) in [7, 11) is 0. The molecule has 2 aromatic rings. The summed E-state index contributed by atoms with van der Waals surface area (Å²) in [6, 6.07) is 5.80. The van der Waals surface area contributed by atoms with Gasteiger partial charge in [0.25, 0.3) is 0 Å². The van der Waals surface area contributed by atoms with Crippen LogP contribution in [0.3, 0.4) is 0 Å².